The monoisotopic (exact) mass is 322 g/mol. The van der Waals surface area contributed by atoms with Crippen molar-refractivity contribution in [2.75, 3.05) is 5.32 Å². The average molecular weight is 322 g/mol. The SMILES string of the molecule is Cc1cc(NCc2cn(C)nc2-c2ccccc2)ccc1[N+](=O)[O-]. The number of nitrogens with one attached hydrogen (secondary N) is 1. The first-order valence-corrected chi connectivity index (χ1v) is 7.61. The lowest BCUT2D eigenvalue weighted by Gasteiger charge is -2.08. The van der Waals surface area contributed by atoms with Crippen LogP contribution < -0.4 is 5.32 Å². The normalized spacial score (nSPS) is 10.6. The van der Waals surface area contributed by atoms with Crippen molar-refractivity contribution in [2.45, 2.75) is 13.5 Å². The number of aryl methyl sites for hydroxylation is 2. The number of nitro groups is 1. The summed E-state index contributed by atoms with van der Waals surface area (Å²) in [7, 11) is 1.89. The standard InChI is InChI=1S/C18H18N4O2/c1-13-10-16(8-9-17(13)22(23)24)19-11-15-12-21(2)20-18(15)14-6-4-3-5-7-14/h3-10,12,19H,11H2,1-2H3. The molecule has 0 atom stereocenters. The number of hydrogen-bond donors (Lipinski definition) is 1. The maximum atomic E-state index is 10.9. The molecule has 24 heavy (non-hydrogen) atoms. The molecule has 122 valence electrons. The van der Waals surface area contributed by atoms with Crippen LogP contribution in [0.15, 0.2) is 54.7 Å². The van der Waals surface area contributed by atoms with Crippen LogP contribution in [0.1, 0.15) is 11.1 Å². The van der Waals surface area contributed by atoms with Crippen LogP contribution in [-0.4, -0.2) is 14.7 Å². The molecule has 6 nitrogen and oxygen atoms in total. The number of rotatable bonds is 5. The Morgan fingerprint density at radius 3 is 2.62 bits per heavy atom. The van der Waals surface area contributed by atoms with Gasteiger partial charge in [-0.3, -0.25) is 14.8 Å². The second-order valence-electron chi connectivity index (χ2n) is 5.65. The van der Waals surface area contributed by atoms with E-state index in [2.05, 4.69) is 10.4 Å². The maximum Gasteiger partial charge on any atom is 0.272 e. The van der Waals surface area contributed by atoms with E-state index in [1.807, 2.05) is 43.6 Å². The molecule has 0 unspecified atom stereocenters. The topological polar surface area (TPSA) is 73.0 Å². The molecule has 0 aliphatic rings. The fourth-order valence-electron chi connectivity index (χ4n) is 2.67. The number of benzene rings is 2. The molecule has 0 radical (unpaired) electrons. The van der Waals surface area contributed by atoms with Crippen molar-refractivity contribution in [3.8, 4) is 11.3 Å². The van der Waals surface area contributed by atoms with Crippen molar-refractivity contribution >= 4 is 11.4 Å². The molecule has 1 heterocycles. The highest BCUT2D eigenvalue weighted by atomic mass is 16.6. The minimum Gasteiger partial charge on any atom is -0.381 e. The molecule has 0 aliphatic heterocycles. The molecule has 0 amide bonds. The molecule has 0 bridgehead atoms. The van der Waals surface area contributed by atoms with Gasteiger partial charge in [0.2, 0.25) is 0 Å². The van der Waals surface area contributed by atoms with Gasteiger partial charge in [0.25, 0.3) is 5.69 Å². The molecular formula is C18H18N4O2. The van der Waals surface area contributed by atoms with E-state index in [9.17, 15) is 10.1 Å². The molecule has 0 spiro atoms. The van der Waals surface area contributed by atoms with Gasteiger partial charge in [0, 0.05) is 48.2 Å². The van der Waals surface area contributed by atoms with Gasteiger partial charge in [0.05, 0.1) is 10.6 Å². The summed E-state index contributed by atoms with van der Waals surface area (Å²) in [5.41, 5.74) is 4.69. The van der Waals surface area contributed by atoms with Gasteiger partial charge in [-0.1, -0.05) is 30.3 Å². The Balaban J connectivity index is 1.81. The summed E-state index contributed by atoms with van der Waals surface area (Å²) in [4.78, 5) is 10.5. The van der Waals surface area contributed by atoms with Gasteiger partial charge in [0.1, 0.15) is 0 Å². The lowest BCUT2D eigenvalue weighted by molar-refractivity contribution is -0.385. The predicted molar refractivity (Wildman–Crippen MR) is 93.8 cm³/mol. The van der Waals surface area contributed by atoms with Gasteiger partial charge >= 0.3 is 0 Å². The third kappa shape index (κ3) is 3.27. The third-order valence-corrected chi connectivity index (χ3v) is 3.83. The largest absolute Gasteiger partial charge is 0.381 e. The van der Waals surface area contributed by atoms with E-state index in [0.717, 1.165) is 22.5 Å². The molecule has 0 aliphatic carbocycles. The van der Waals surface area contributed by atoms with Gasteiger partial charge < -0.3 is 5.32 Å². The smallest absolute Gasteiger partial charge is 0.272 e. The summed E-state index contributed by atoms with van der Waals surface area (Å²) in [5, 5.41) is 18.7. The number of hydrogen-bond acceptors (Lipinski definition) is 4. The highest BCUT2D eigenvalue weighted by Gasteiger charge is 2.12. The van der Waals surface area contributed by atoms with Crippen molar-refractivity contribution < 1.29 is 4.92 Å². The summed E-state index contributed by atoms with van der Waals surface area (Å²) in [5.74, 6) is 0. The lowest BCUT2D eigenvalue weighted by Crippen LogP contribution is -2.01. The molecular weight excluding hydrogens is 304 g/mol. The van der Waals surface area contributed by atoms with Gasteiger partial charge in [-0.2, -0.15) is 5.10 Å². The Morgan fingerprint density at radius 2 is 1.96 bits per heavy atom. The first-order valence-electron chi connectivity index (χ1n) is 7.61. The van der Waals surface area contributed by atoms with Crippen molar-refractivity contribution in [3.05, 3.63) is 76.0 Å². The second kappa shape index (κ2) is 6.54. The maximum absolute atomic E-state index is 10.9. The van der Waals surface area contributed by atoms with Crippen LogP contribution >= 0.6 is 0 Å². The van der Waals surface area contributed by atoms with E-state index >= 15 is 0 Å². The van der Waals surface area contributed by atoms with E-state index in [1.54, 1.807) is 23.7 Å². The molecule has 3 rings (SSSR count). The van der Waals surface area contributed by atoms with Crippen LogP contribution in [0.3, 0.4) is 0 Å². The van der Waals surface area contributed by atoms with Crippen molar-refractivity contribution in [3.63, 3.8) is 0 Å². The summed E-state index contributed by atoms with van der Waals surface area (Å²) in [6, 6.07) is 15.1. The van der Waals surface area contributed by atoms with E-state index in [4.69, 9.17) is 0 Å². The fraction of sp³-hybridized carbons (Fsp3) is 0.167. The van der Waals surface area contributed by atoms with E-state index in [0.29, 0.717) is 12.1 Å². The van der Waals surface area contributed by atoms with Crippen molar-refractivity contribution in [1.82, 2.24) is 9.78 Å². The Morgan fingerprint density at radius 1 is 1.21 bits per heavy atom. The minimum absolute atomic E-state index is 0.131. The van der Waals surface area contributed by atoms with E-state index < -0.39 is 0 Å². The molecule has 0 fully saturated rings. The highest BCUT2D eigenvalue weighted by molar-refractivity contribution is 5.63. The summed E-state index contributed by atoms with van der Waals surface area (Å²) < 4.78 is 1.79. The summed E-state index contributed by atoms with van der Waals surface area (Å²) in [6.07, 6.45) is 1.98. The van der Waals surface area contributed by atoms with Crippen LogP contribution in [0, 0.1) is 17.0 Å². The quantitative estimate of drug-likeness (QED) is 0.571. The molecule has 3 aromatic rings. The average Bonchev–Trinajstić information content (AvgIpc) is 2.94. The number of aromatic nitrogens is 2. The molecule has 1 N–H and O–H groups in total. The van der Waals surface area contributed by atoms with Gasteiger partial charge in [0.15, 0.2) is 0 Å². The van der Waals surface area contributed by atoms with Crippen LogP contribution in [0.4, 0.5) is 11.4 Å². The predicted octanol–water partition coefficient (Wildman–Crippen LogP) is 3.92. The molecule has 1 aromatic heterocycles. The van der Waals surface area contributed by atoms with E-state index in [-0.39, 0.29) is 10.6 Å². The lowest BCUT2D eigenvalue weighted by atomic mass is 10.1. The Bertz CT molecular complexity index is 872. The van der Waals surface area contributed by atoms with Crippen LogP contribution in [-0.2, 0) is 13.6 Å². The number of nitrogens with zero attached hydrogens (tertiary/aromatic N) is 3. The molecule has 2 aromatic carbocycles. The molecule has 0 saturated carbocycles. The van der Waals surface area contributed by atoms with Crippen LogP contribution in [0.25, 0.3) is 11.3 Å². The third-order valence-electron chi connectivity index (χ3n) is 3.83. The van der Waals surface area contributed by atoms with Gasteiger partial charge in [-0.25, -0.2) is 0 Å². The van der Waals surface area contributed by atoms with Crippen LogP contribution in [0.2, 0.25) is 0 Å². The Labute approximate surface area is 139 Å². The zero-order chi connectivity index (χ0) is 17.1. The highest BCUT2D eigenvalue weighted by Crippen LogP contribution is 2.24. The summed E-state index contributed by atoms with van der Waals surface area (Å²) >= 11 is 0. The van der Waals surface area contributed by atoms with E-state index in [1.165, 1.54) is 6.07 Å². The van der Waals surface area contributed by atoms with Gasteiger partial charge in [-0.05, 0) is 19.1 Å². The zero-order valence-electron chi connectivity index (χ0n) is 13.6. The first-order chi connectivity index (χ1) is 11.5. The second-order valence-corrected chi connectivity index (χ2v) is 5.65. The fourth-order valence-corrected chi connectivity index (χ4v) is 2.67. The van der Waals surface area contributed by atoms with Gasteiger partial charge in [-0.15, -0.1) is 0 Å². The Hall–Kier alpha value is -3.15. The van der Waals surface area contributed by atoms with Crippen molar-refractivity contribution in [2.24, 2.45) is 7.05 Å². The number of anilines is 1. The zero-order valence-corrected chi connectivity index (χ0v) is 13.6. The summed E-state index contributed by atoms with van der Waals surface area (Å²) in [6.45, 7) is 2.33. The van der Waals surface area contributed by atoms with Crippen LogP contribution in [0.5, 0.6) is 0 Å². The first kappa shape index (κ1) is 15.7. The molecule has 6 heteroatoms. The molecule has 0 saturated heterocycles. The number of nitro benzene ring substituents is 1. The minimum atomic E-state index is -0.367. The van der Waals surface area contributed by atoms with Crippen molar-refractivity contribution in [1.29, 1.82) is 0 Å². The Kier molecular flexibility index (Phi) is 4.29.